The van der Waals surface area contributed by atoms with Crippen LogP contribution >= 0.6 is 22.9 Å². The van der Waals surface area contributed by atoms with Gasteiger partial charge in [-0.25, -0.2) is 9.79 Å². The standard InChI is InChI=1S/C33H31ClN2O6S/c1-6-41-32(38)28-29(20-10-8-7-9-11-20)35-33-36(30(28)21-12-14-25(39-4)26(17-21)40-5)31(37)27(43-33)18-22-16-23(34)13-15-24(22)42-19(2)3/h7-19,30H,6H2,1-5H3/b27-18-/t30-/m1/s1. The molecule has 0 fully saturated rings. The maximum atomic E-state index is 14.2. The molecule has 2 heterocycles. The third-order valence-electron chi connectivity index (χ3n) is 6.72. The Morgan fingerprint density at radius 2 is 1.74 bits per heavy atom. The maximum Gasteiger partial charge on any atom is 0.338 e. The first-order chi connectivity index (χ1) is 20.7. The minimum atomic E-state index is -0.863. The van der Waals surface area contributed by atoms with Crippen LogP contribution in [0.5, 0.6) is 17.2 Å². The molecule has 1 aliphatic rings. The Morgan fingerprint density at radius 1 is 1.02 bits per heavy atom. The van der Waals surface area contributed by atoms with Crippen LogP contribution in [-0.2, 0) is 9.53 Å². The van der Waals surface area contributed by atoms with Gasteiger partial charge in [-0.1, -0.05) is 59.3 Å². The monoisotopic (exact) mass is 618 g/mol. The molecule has 1 atom stereocenters. The van der Waals surface area contributed by atoms with E-state index < -0.39 is 12.0 Å². The molecule has 3 aromatic carbocycles. The smallest absolute Gasteiger partial charge is 0.338 e. The second-order valence-corrected chi connectivity index (χ2v) is 11.3. The Bertz CT molecular complexity index is 1880. The highest BCUT2D eigenvalue weighted by Crippen LogP contribution is 2.38. The van der Waals surface area contributed by atoms with Crippen molar-refractivity contribution in [2.24, 2.45) is 4.99 Å². The Balaban J connectivity index is 1.84. The third-order valence-corrected chi connectivity index (χ3v) is 7.94. The van der Waals surface area contributed by atoms with Crippen LogP contribution in [0.15, 0.2) is 82.1 Å². The molecule has 0 saturated carbocycles. The summed E-state index contributed by atoms with van der Waals surface area (Å²) in [6.07, 6.45) is 1.66. The highest BCUT2D eigenvalue weighted by Gasteiger charge is 2.35. The van der Waals surface area contributed by atoms with Gasteiger partial charge in [0.1, 0.15) is 5.75 Å². The van der Waals surface area contributed by atoms with E-state index in [0.717, 1.165) is 5.56 Å². The number of methoxy groups -OCH3 is 2. The zero-order valence-electron chi connectivity index (χ0n) is 24.4. The van der Waals surface area contributed by atoms with E-state index >= 15 is 0 Å². The lowest BCUT2D eigenvalue weighted by molar-refractivity contribution is -0.138. The van der Waals surface area contributed by atoms with Crippen LogP contribution in [0.3, 0.4) is 0 Å². The molecule has 0 N–H and O–H groups in total. The van der Waals surface area contributed by atoms with E-state index in [2.05, 4.69) is 0 Å². The highest BCUT2D eigenvalue weighted by molar-refractivity contribution is 7.07. The average molecular weight is 619 g/mol. The topological polar surface area (TPSA) is 88.4 Å². The van der Waals surface area contributed by atoms with Gasteiger partial charge in [-0.2, -0.15) is 0 Å². The fourth-order valence-corrected chi connectivity index (χ4v) is 6.09. The highest BCUT2D eigenvalue weighted by atomic mass is 35.5. The van der Waals surface area contributed by atoms with Crippen LogP contribution in [0.1, 0.15) is 43.5 Å². The summed E-state index contributed by atoms with van der Waals surface area (Å²) in [6, 6.07) is 19.1. The van der Waals surface area contributed by atoms with Crippen molar-refractivity contribution in [3.8, 4) is 17.2 Å². The van der Waals surface area contributed by atoms with Gasteiger partial charge < -0.3 is 18.9 Å². The van der Waals surface area contributed by atoms with Gasteiger partial charge in [0.05, 0.1) is 48.8 Å². The zero-order valence-corrected chi connectivity index (χ0v) is 26.0. The molecular weight excluding hydrogens is 588 g/mol. The predicted molar refractivity (Wildman–Crippen MR) is 168 cm³/mol. The molecule has 0 aliphatic carbocycles. The molecule has 5 rings (SSSR count). The Hall–Kier alpha value is -4.34. The minimum absolute atomic E-state index is 0.0832. The van der Waals surface area contributed by atoms with E-state index in [0.29, 0.717) is 48.4 Å². The van der Waals surface area contributed by atoms with Crippen molar-refractivity contribution in [2.45, 2.75) is 32.9 Å². The summed E-state index contributed by atoms with van der Waals surface area (Å²) >= 11 is 7.55. The first kappa shape index (κ1) is 30.1. The average Bonchev–Trinajstić information content (AvgIpc) is 3.31. The SMILES string of the molecule is CCOC(=O)C1=C(c2ccccc2)N=c2s/c(=C\c3cc(Cl)ccc3OC(C)C)c(=O)n2[C@@H]1c1ccc(OC)c(OC)c1. The second-order valence-electron chi connectivity index (χ2n) is 9.89. The zero-order chi connectivity index (χ0) is 30.7. The number of ether oxygens (including phenoxy) is 4. The first-order valence-electron chi connectivity index (χ1n) is 13.7. The largest absolute Gasteiger partial charge is 0.493 e. The van der Waals surface area contributed by atoms with Crippen molar-refractivity contribution in [2.75, 3.05) is 20.8 Å². The van der Waals surface area contributed by atoms with Gasteiger partial charge in [0.15, 0.2) is 16.3 Å². The van der Waals surface area contributed by atoms with E-state index in [1.54, 1.807) is 50.4 Å². The third kappa shape index (κ3) is 6.09. The van der Waals surface area contributed by atoms with Crippen molar-refractivity contribution in [3.63, 3.8) is 0 Å². The van der Waals surface area contributed by atoms with Gasteiger partial charge in [0, 0.05) is 16.1 Å². The van der Waals surface area contributed by atoms with E-state index in [4.69, 9.17) is 35.5 Å². The summed E-state index contributed by atoms with van der Waals surface area (Å²) in [5.74, 6) is 1.00. The molecule has 0 bridgehead atoms. The van der Waals surface area contributed by atoms with E-state index in [1.165, 1.54) is 23.0 Å². The number of esters is 1. The van der Waals surface area contributed by atoms with Crippen molar-refractivity contribution in [1.82, 2.24) is 4.57 Å². The number of thiazole rings is 1. The molecule has 222 valence electrons. The molecule has 8 nitrogen and oxygen atoms in total. The number of hydrogen-bond acceptors (Lipinski definition) is 8. The van der Waals surface area contributed by atoms with Crippen molar-refractivity contribution in [1.29, 1.82) is 0 Å². The molecule has 0 unspecified atom stereocenters. The second kappa shape index (κ2) is 12.9. The number of carbonyl (C=O) groups excluding carboxylic acids is 1. The summed E-state index contributed by atoms with van der Waals surface area (Å²) in [5.41, 5.74) is 2.35. The lowest BCUT2D eigenvalue weighted by Gasteiger charge is -2.26. The predicted octanol–water partition coefficient (Wildman–Crippen LogP) is 5.39. The van der Waals surface area contributed by atoms with Crippen molar-refractivity contribution in [3.05, 3.63) is 114 Å². The molecule has 0 radical (unpaired) electrons. The molecule has 43 heavy (non-hydrogen) atoms. The normalized spacial score (nSPS) is 14.8. The fourth-order valence-electron chi connectivity index (χ4n) is 4.91. The van der Waals surface area contributed by atoms with Gasteiger partial charge in [-0.05, 0) is 62.7 Å². The molecule has 1 aromatic heterocycles. The minimum Gasteiger partial charge on any atom is -0.493 e. The van der Waals surface area contributed by atoms with Gasteiger partial charge >= 0.3 is 5.97 Å². The summed E-state index contributed by atoms with van der Waals surface area (Å²) in [4.78, 5) is 33.3. The van der Waals surface area contributed by atoms with E-state index in [9.17, 15) is 9.59 Å². The van der Waals surface area contributed by atoms with Crippen molar-refractivity contribution < 1.29 is 23.7 Å². The lowest BCUT2D eigenvalue weighted by Crippen LogP contribution is -2.40. The van der Waals surface area contributed by atoms with Crippen LogP contribution in [-0.4, -0.2) is 37.5 Å². The van der Waals surface area contributed by atoms with Crippen LogP contribution in [0, 0.1) is 0 Å². The Labute approximate surface area is 258 Å². The summed E-state index contributed by atoms with van der Waals surface area (Å²) < 4.78 is 24.5. The first-order valence-corrected chi connectivity index (χ1v) is 14.9. The number of benzene rings is 3. The Kier molecular flexibility index (Phi) is 9.03. The summed E-state index contributed by atoms with van der Waals surface area (Å²) in [7, 11) is 3.08. The van der Waals surface area contributed by atoms with Crippen LogP contribution in [0.25, 0.3) is 11.8 Å². The molecule has 10 heteroatoms. The van der Waals surface area contributed by atoms with Crippen molar-refractivity contribution >= 4 is 40.7 Å². The molecule has 4 aromatic rings. The van der Waals surface area contributed by atoms with Gasteiger partial charge in [-0.15, -0.1) is 0 Å². The quantitative estimate of drug-likeness (QED) is 0.234. The number of nitrogens with zero attached hydrogens (tertiary/aromatic N) is 2. The number of carbonyl (C=O) groups is 1. The van der Waals surface area contributed by atoms with Crippen LogP contribution in [0.4, 0.5) is 0 Å². The number of rotatable bonds is 9. The number of aromatic nitrogens is 1. The number of halogens is 1. The molecule has 0 amide bonds. The van der Waals surface area contributed by atoms with Gasteiger partial charge in [0.2, 0.25) is 0 Å². The Morgan fingerprint density at radius 3 is 2.42 bits per heavy atom. The fraction of sp³-hybridized carbons (Fsp3) is 0.242. The van der Waals surface area contributed by atoms with E-state index in [-0.39, 0.29) is 23.8 Å². The molecule has 1 aliphatic heterocycles. The van der Waals surface area contributed by atoms with Crippen LogP contribution in [0.2, 0.25) is 5.02 Å². The molecule has 0 saturated heterocycles. The number of fused-ring (bicyclic) bond motifs is 1. The molecular formula is C33H31ClN2O6S. The maximum absolute atomic E-state index is 14.2. The number of hydrogen-bond donors (Lipinski definition) is 0. The van der Waals surface area contributed by atoms with Gasteiger partial charge in [0.25, 0.3) is 5.56 Å². The van der Waals surface area contributed by atoms with E-state index in [1.807, 2.05) is 50.2 Å². The molecule has 0 spiro atoms. The summed E-state index contributed by atoms with van der Waals surface area (Å²) in [5, 5.41) is 0.509. The van der Waals surface area contributed by atoms with Crippen LogP contribution < -0.4 is 29.1 Å². The van der Waals surface area contributed by atoms with Gasteiger partial charge in [-0.3, -0.25) is 9.36 Å². The summed E-state index contributed by atoms with van der Waals surface area (Å²) in [6.45, 7) is 5.75. The lowest BCUT2D eigenvalue weighted by atomic mass is 9.93.